The van der Waals surface area contributed by atoms with Gasteiger partial charge in [0, 0.05) is 0 Å². The SMILES string of the molecule is CCCCCCCCCCCCCCCCCCCCCCCCCC[C@H](C)[C@H](C)C(C)C. The second kappa shape index (κ2) is 26.6. The van der Waals surface area contributed by atoms with Gasteiger partial charge in [0.25, 0.3) is 0 Å². The van der Waals surface area contributed by atoms with E-state index in [2.05, 4.69) is 34.6 Å². The molecule has 0 spiro atoms. The molecule has 0 N–H and O–H groups in total. The third kappa shape index (κ3) is 24.9. The van der Waals surface area contributed by atoms with Gasteiger partial charge in [0.2, 0.25) is 0 Å². The Labute approximate surface area is 212 Å². The Kier molecular flexibility index (Phi) is 26.6. The highest BCUT2D eigenvalue weighted by Crippen LogP contribution is 2.25. The zero-order valence-electron chi connectivity index (χ0n) is 24.4. The Bertz CT molecular complexity index is 344. The molecule has 0 saturated carbocycles. The average Bonchev–Trinajstić information content (AvgIpc) is 2.81. The molecule has 0 rings (SSSR count). The molecule has 0 aromatic rings. The third-order valence-electron chi connectivity index (χ3n) is 8.46. The van der Waals surface area contributed by atoms with Crippen molar-refractivity contribution in [2.75, 3.05) is 0 Å². The first kappa shape index (κ1) is 33.0. The predicted octanol–water partition coefficient (Wildman–Crippen LogP) is 12.7. The van der Waals surface area contributed by atoms with Gasteiger partial charge in [0.1, 0.15) is 0 Å². The maximum Gasteiger partial charge on any atom is -0.0394 e. The lowest BCUT2D eigenvalue weighted by Crippen LogP contribution is -2.14. The van der Waals surface area contributed by atoms with Crippen molar-refractivity contribution in [2.45, 2.75) is 195 Å². The maximum absolute atomic E-state index is 2.46. The van der Waals surface area contributed by atoms with E-state index in [1.807, 2.05) is 0 Å². The van der Waals surface area contributed by atoms with Crippen molar-refractivity contribution >= 4 is 0 Å². The van der Waals surface area contributed by atoms with Crippen LogP contribution in [0.2, 0.25) is 0 Å². The standard InChI is InChI=1S/C33H68/c1-6-7-8-9-10-11-12-13-14-15-16-17-18-19-20-21-22-23-24-25-26-27-28-29-30-32(4)33(5)31(2)3/h31-33H,6-30H2,1-5H3/t32-,33+/m0/s1. The number of hydrogen-bond acceptors (Lipinski definition) is 0. The van der Waals surface area contributed by atoms with E-state index < -0.39 is 0 Å². The molecule has 0 aromatic carbocycles. The minimum Gasteiger partial charge on any atom is -0.0654 e. The van der Waals surface area contributed by atoms with E-state index in [-0.39, 0.29) is 0 Å². The van der Waals surface area contributed by atoms with E-state index >= 15 is 0 Å². The van der Waals surface area contributed by atoms with Gasteiger partial charge >= 0.3 is 0 Å². The van der Waals surface area contributed by atoms with Gasteiger partial charge < -0.3 is 0 Å². The normalized spacial score (nSPS) is 13.6. The molecule has 0 aliphatic heterocycles. The molecule has 200 valence electrons. The lowest BCUT2D eigenvalue weighted by atomic mass is 9.83. The molecule has 0 nitrogen and oxygen atoms in total. The lowest BCUT2D eigenvalue weighted by Gasteiger charge is -2.23. The fraction of sp³-hybridized carbons (Fsp3) is 1.00. The van der Waals surface area contributed by atoms with E-state index in [4.69, 9.17) is 0 Å². The Morgan fingerprint density at radius 3 is 0.818 bits per heavy atom. The van der Waals surface area contributed by atoms with Crippen LogP contribution in [0, 0.1) is 17.8 Å². The number of unbranched alkanes of at least 4 members (excludes halogenated alkanes) is 23. The van der Waals surface area contributed by atoms with Gasteiger partial charge in [-0.05, 0) is 17.8 Å². The number of hydrogen-bond donors (Lipinski definition) is 0. The van der Waals surface area contributed by atoms with Crippen molar-refractivity contribution in [2.24, 2.45) is 17.8 Å². The molecule has 33 heavy (non-hydrogen) atoms. The van der Waals surface area contributed by atoms with Crippen molar-refractivity contribution in [3.63, 3.8) is 0 Å². The van der Waals surface area contributed by atoms with Gasteiger partial charge in [-0.3, -0.25) is 0 Å². The maximum atomic E-state index is 2.46. The Balaban J connectivity index is 3.10. The topological polar surface area (TPSA) is 0 Å². The highest BCUT2D eigenvalue weighted by Gasteiger charge is 2.14. The first-order chi connectivity index (χ1) is 16.1. The van der Waals surface area contributed by atoms with Crippen LogP contribution in [0.25, 0.3) is 0 Å². The van der Waals surface area contributed by atoms with Crippen LogP contribution in [0.4, 0.5) is 0 Å². The van der Waals surface area contributed by atoms with E-state index in [1.54, 1.807) is 0 Å². The van der Waals surface area contributed by atoms with E-state index in [0.717, 1.165) is 17.8 Å². The van der Waals surface area contributed by atoms with Crippen molar-refractivity contribution in [1.29, 1.82) is 0 Å². The molecule has 0 heterocycles. The van der Waals surface area contributed by atoms with Crippen molar-refractivity contribution in [3.05, 3.63) is 0 Å². The summed E-state index contributed by atoms with van der Waals surface area (Å²) in [5.41, 5.74) is 0. The smallest absolute Gasteiger partial charge is 0.0394 e. The third-order valence-corrected chi connectivity index (χ3v) is 8.46. The summed E-state index contributed by atoms with van der Waals surface area (Å²) in [4.78, 5) is 0. The summed E-state index contributed by atoms with van der Waals surface area (Å²) in [5, 5.41) is 0. The quantitative estimate of drug-likeness (QED) is 0.106. The first-order valence-corrected chi connectivity index (χ1v) is 16.1. The van der Waals surface area contributed by atoms with Gasteiger partial charge in [-0.25, -0.2) is 0 Å². The van der Waals surface area contributed by atoms with Crippen molar-refractivity contribution in [1.82, 2.24) is 0 Å². The van der Waals surface area contributed by atoms with Crippen LogP contribution in [0.1, 0.15) is 195 Å². The van der Waals surface area contributed by atoms with E-state index in [9.17, 15) is 0 Å². The summed E-state index contributed by atoms with van der Waals surface area (Å²) >= 11 is 0. The molecule has 0 heteroatoms. The molecule has 0 aliphatic rings. The van der Waals surface area contributed by atoms with Gasteiger partial charge in [0.05, 0.1) is 0 Å². The van der Waals surface area contributed by atoms with Gasteiger partial charge in [0.15, 0.2) is 0 Å². The summed E-state index contributed by atoms with van der Waals surface area (Å²) in [6.45, 7) is 12.0. The Hall–Kier alpha value is 0. The second-order valence-electron chi connectivity index (χ2n) is 12.0. The van der Waals surface area contributed by atoms with Gasteiger partial charge in [-0.2, -0.15) is 0 Å². The second-order valence-corrected chi connectivity index (χ2v) is 12.0. The lowest BCUT2D eigenvalue weighted by molar-refractivity contribution is 0.275. The largest absolute Gasteiger partial charge is 0.0654 e. The minimum atomic E-state index is 0.842. The Morgan fingerprint density at radius 1 is 0.333 bits per heavy atom. The Morgan fingerprint density at radius 2 is 0.576 bits per heavy atom. The zero-order chi connectivity index (χ0) is 24.4. The predicted molar refractivity (Wildman–Crippen MR) is 154 cm³/mol. The molecule has 2 atom stereocenters. The van der Waals surface area contributed by atoms with Crippen LogP contribution in [-0.4, -0.2) is 0 Å². The van der Waals surface area contributed by atoms with Crippen LogP contribution in [0.15, 0.2) is 0 Å². The molecule has 0 bridgehead atoms. The van der Waals surface area contributed by atoms with Gasteiger partial charge in [-0.1, -0.05) is 195 Å². The van der Waals surface area contributed by atoms with Gasteiger partial charge in [-0.15, -0.1) is 0 Å². The highest BCUT2D eigenvalue weighted by molar-refractivity contribution is 4.65. The van der Waals surface area contributed by atoms with Crippen molar-refractivity contribution < 1.29 is 0 Å². The molecule has 0 aliphatic carbocycles. The van der Waals surface area contributed by atoms with Crippen LogP contribution < -0.4 is 0 Å². The fourth-order valence-corrected chi connectivity index (χ4v) is 5.35. The van der Waals surface area contributed by atoms with E-state index in [1.165, 1.54) is 161 Å². The molecular weight excluding hydrogens is 396 g/mol. The minimum absolute atomic E-state index is 0.842. The molecule has 0 radical (unpaired) electrons. The average molecular weight is 465 g/mol. The summed E-state index contributed by atoms with van der Waals surface area (Å²) in [6, 6.07) is 0. The summed E-state index contributed by atoms with van der Waals surface area (Å²) in [5.74, 6) is 2.63. The van der Waals surface area contributed by atoms with Crippen LogP contribution in [0.5, 0.6) is 0 Å². The molecule has 0 fully saturated rings. The van der Waals surface area contributed by atoms with Crippen LogP contribution in [-0.2, 0) is 0 Å². The molecule has 0 aromatic heterocycles. The monoisotopic (exact) mass is 465 g/mol. The molecule has 0 unspecified atom stereocenters. The summed E-state index contributed by atoms with van der Waals surface area (Å²) in [6.07, 6.45) is 36.9. The van der Waals surface area contributed by atoms with E-state index in [0.29, 0.717) is 0 Å². The molecule has 0 saturated heterocycles. The van der Waals surface area contributed by atoms with Crippen molar-refractivity contribution in [3.8, 4) is 0 Å². The van der Waals surface area contributed by atoms with Crippen LogP contribution in [0.3, 0.4) is 0 Å². The van der Waals surface area contributed by atoms with Crippen LogP contribution >= 0.6 is 0 Å². The molecule has 0 amide bonds. The highest BCUT2D eigenvalue weighted by atomic mass is 14.2. The number of rotatable bonds is 27. The first-order valence-electron chi connectivity index (χ1n) is 16.1. The molecular formula is C33H68. The zero-order valence-corrected chi connectivity index (χ0v) is 24.4. The summed E-state index contributed by atoms with van der Waals surface area (Å²) < 4.78 is 0. The fourth-order valence-electron chi connectivity index (χ4n) is 5.35. The summed E-state index contributed by atoms with van der Waals surface area (Å²) in [7, 11) is 0.